The van der Waals surface area contributed by atoms with Gasteiger partial charge in [-0.3, -0.25) is 4.79 Å². The Bertz CT molecular complexity index is 721. The van der Waals surface area contributed by atoms with Crippen molar-refractivity contribution in [3.63, 3.8) is 0 Å². The van der Waals surface area contributed by atoms with Crippen LogP contribution in [-0.4, -0.2) is 60.0 Å². The molecular weight excluding hydrogens is 328 g/mol. The van der Waals surface area contributed by atoms with E-state index in [0.29, 0.717) is 11.5 Å². The van der Waals surface area contributed by atoms with Crippen molar-refractivity contribution in [1.29, 1.82) is 0 Å². The molecule has 0 spiro atoms. The predicted molar refractivity (Wildman–Crippen MR) is 104 cm³/mol. The average Bonchev–Trinajstić information content (AvgIpc) is 2.63. The molecule has 1 aliphatic heterocycles. The molecule has 1 saturated heterocycles. The summed E-state index contributed by atoms with van der Waals surface area (Å²) in [7, 11) is 2.15. The second-order valence-electron chi connectivity index (χ2n) is 6.89. The van der Waals surface area contributed by atoms with Crippen molar-refractivity contribution in [2.24, 2.45) is 0 Å². The second kappa shape index (κ2) is 8.14. The lowest BCUT2D eigenvalue weighted by Crippen LogP contribution is -2.44. The van der Waals surface area contributed by atoms with Gasteiger partial charge in [0.15, 0.2) is 0 Å². The van der Waals surface area contributed by atoms with Gasteiger partial charge >= 0.3 is 0 Å². The van der Waals surface area contributed by atoms with Gasteiger partial charge in [-0.1, -0.05) is 0 Å². The molecule has 7 heteroatoms. The molecule has 0 bridgehead atoms. The van der Waals surface area contributed by atoms with Gasteiger partial charge in [0.2, 0.25) is 5.95 Å². The van der Waals surface area contributed by atoms with Crippen LogP contribution < -0.4 is 15.5 Å². The molecule has 138 valence electrons. The third-order valence-electron chi connectivity index (χ3n) is 4.33. The molecule has 26 heavy (non-hydrogen) atoms. The Labute approximate surface area is 154 Å². The van der Waals surface area contributed by atoms with Crippen molar-refractivity contribution >= 4 is 23.2 Å². The van der Waals surface area contributed by atoms with E-state index in [-0.39, 0.29) is 11.9 Å². The van der Waals surface area contributed by atoms with Crippen LogP contribution in [0.1, 0.15) is 24.2 Å². The summed E-state index contributed by atoms with van der Waals surface area (Å²) in [6, 6.07) is 8.35. The van der Waals surface area contributed by atoms with Crippen LogP contribution in [0.25, 0.3) is 0 Å². The lowest BCUT2D eigenvalue weighted by molar-refractivity contribution is 0.0942. The summed E-state index contributed by atoms with van der Waals surface area (Å²) in [6.07, 6.45) is 3.07. The highest BCUT2D eigenvalue weighted by Gasteiger charge is 2.14. The van der Waals surface area contributed by atoms with Crippen molar-refractivity contribution in [3.05, 3.63) is 42.2 Å². The Kier molecular flexibility index (Phi) is 5.68. The summed E-state index contributed by atoms with van der Waals surface area (Å²) < 4.78 is 0. The minimum atomic E-state index is -0.164. The number of likely N-dealkylation sites (N-methyl/N-ethyl adjacent to an activating group) is 1. The summed E-state index contributed by atoms with van der Waals surface area (Å²) in [4.78, 5) is 25.1. The zero-order valence-corrected chi connectivity index (χ0v) is 15.6. The molecule has 1 aromatic heterocycles. The normalized spacial score (nSPS) is 15.2. The number of rotatable bonds is 5. The van der Waals surface area contributed by atoms with Crippen molar-refractivity contribution in [1.82, 2.24) is 20.2 Å². The predicted octanol–water partition coefficient (Wildman–Crippen LogP) is 2.11. The number of nitrogens with zero attached hydrogens (tertiary/aromatic N) is 4. The topological polar surface area (TPSA) is 73.4 Å². The third kappa shape index (κ3) is 4.70. The zero-order valence-electron chi connectivity index (χ0n) is 15.6. The number of hydrogen-bond donors (Lipinski definition) is 2. The number of piperazine rings is 1. The maximum absolute atomic E-state index is 11.9. The molecule has 2 N–H and O–H groups in total. The van der Waals surface area contributed by atoms with Gasteiger partial charge in [-0.15, -0.1) is 0 Å². The van der Waals surface area contributed by atoms with Crippen molar-refractivity contribution in [2.45, 2.75) is 19.9 Å². The van der Waals surface area contributed by atoms with Gasteiger partial charge in [-0.25, -0.2) is 9.97 Å². The van der Waals surface area contributed by atoms with Crippen molar-refractivity contribution < 1.29 is 4.79 Å². The minimum Gasteiger partial charge on any atom is -0.369 e. The highest BCUT2D eigenvalue weighted by atomic mass is 16.1. The van der Waals surface area contributed by atoms with E-state index in [1.807, 2.05) is 26.0 Å². The van der Waals surface area contributed by atoms with Gasteiger partial charge in [-0.2, -0.15) is 0 Å². The molecule has 0 unspecified atom stereocenters. The van der Waals surface area contributed by atoms with E-state index in [1.54, 1.807) is 0 Å². The van der Waals surface area contributed by atoms with E-state index in [2.05, 4.69) is 49.6 Å². The Morgan fingerprint density at radius 1 is 1.04 bits per heavy atom. The number of aromatic nitrogens is 2. The first-order valence-corrected chi connectivity index (χ1v) is 8.95. The summed E-state index contributed by atoms with van der Waals surface area (Å²) in [6.45, 7) is 8.11. The standard InChI is InChI=1S/C19H26N6O/c1-14(2)22-18(26)15-12-20-19(21-13-15)23-16-4-6-17(7-5-16)25-10-8-24(3)9-11-25/h4-7,12-14H,8-11H2,1-3H3,(H,22,26)(H,20,21,23). The van der Waals surface area contributed by atoms with E-state index in [4.69, 9.17) is 0 Å². The van der Waals surface area contributed by atoms with Gasteiger partial charge in [0.05, 0.1) is 5.56 Å². The Morgan fingerprint density at radius 3 is 2.23 bits per heavy atom. The first-order valence-electron chi connectivity index (χ1n) is 8.95. The summed E-state index contributed by atoms with van der Waals surface area (Å²) in [5, 5.41) is 5.99. The van der Waals surface area contributed by atoms with Gasteiger partial charge in [0.1, 0.15) is 0 Å². The van der Waals surface area contributed by atoms with Gasteiger partial charge < -0.3 is 20.4 Å². The van der Waals surface area contributed by atoms with Crippen LogP contribution in [0.15, 0.2) is 36.7 Å². The highest BCUT2D eigenvalue weighted by molar-refractivity contribution is 5.93. The first kappa shape index (κ1) is 18.1. The molecule has 2 aromatic rings. The Balaban J connectivity index is 1.59. The molecule has 1 aliphatic rings. The molecule has 0 saturated carbocycles. The molecule has 1 fully saturated rings. The van der Waals surface area contributed by atoms with E-state index in [9.17, 15) is 4.79 Å². The van der Waals surface area contributed by atoms with Crippen LogP contribution in [0.2, 0.25) is 0 Å². The number of nitrogens with one attached hydrogen (secondary N) is 2. The van der Waals surface area contributed by atoms with Crippen LogP contribution in [0.5, 0.6) is 0 Å². The van der Waals surface area contributed by atoms with Crippen LogP contribution >= 0.6 is 0 Å². The number of carbonyl (C=O) groups excluding carboxylic acids is 1. The fourth-order valence-electron chi connectivity index (χ4n) is 2.80. The van der Waals surface area contributed by atoms with Crippen LogP contribution in [0.3, 0.4) is 0 Å². The van der Waals surface area contributed by atoms with Gasteiger partial charge in [-0.05, 0) is 45.2 Å². The molecular formula is C19H26N6O. The molecule has 3 rings (SSSR count). The summed E-state index contributed by atoms with van der Waals surface area (Å²) in [5.41, 5.74) is 2.60. The second-order valence-corrected chi connectivity index (χ2v) is 6.89. The number of hydrogen-bond acceptors (Lipinski definition) is 6. The monoisotopic (exact) mass is 354 g/mol. The Morgan fingerprint density at radius 2 is 1.65 bits per heavy atom. The average molecular weight is 354 g/mol. The molecule has 0 atom stereocenters. The van der Waals surface area contributed by atoms with E-state index < -0.39 is 0 Å². The van der Waals surface area contributed by atoms with Crippen LogP contribution in [0, 0.1) is 0 Å². The lowest BCUT2D eigenvalue weighted by Gasteiger charge is -2.34. The van der Waals surface area contributed by atoms with E-state index >= 15 is 0 Å². The first-order chi connectivity index (χ1) is 12.5. The number of anilines is 3. The van der Waals surface area contributed by atoms with E-state index in [0.717, 1.165) is 31.9 Å². The van der Waals surface area contributed by atoms with Crippen LogP contribution in [-0.2, 0) is 0 Å². The number of benzene rings is 1. The molecule has 2 heterocycles. The zero-order chi connectivity index (χ0) is 18.5. The van der Waals surface area contributed by atoms with Gasteiger partial charge in [0.25, 0.3) is 5.91 Å². The summed E-state index contributed by atoms with van der Waals surface area (Å²) in [5.74, 6) is 0.307. The fraction of sp³-hybridized carbons (Fsp3) is 0.421. The maximum atomic E-state index is 11.9. The minimum absolute atomic E-state index is 0.0825. The van der Waals surface area contributed by atoms with Crippen molar-refractivity contribution in [2.75, 3.05) is 43.4 Å². The smallest absolute Gasteiger partial charge is 0.254 e. The van der Waals surface area contributed by atoms with E-state index in [1.165, 1.54) is 18.1 Å². The summed E-state index contributed by atoms with van der Waals surface area (Å²) >= 11 is 0. The largest absolute Gasteiger partial charge is 0.369 e. The quantitative estimate of drug-likeness (QED) is 0.857. The molecule has 0 aliphatic carbocycles. The highest BCUT2D eigenvalue weighted by Crippen LogP contribution is 2.20. The number of amides is 1. The molecule has 7 nitrogen and oxygen atoms in total. The lowest BCUT2D eigenvalue weighted by atomic mass is 10.2. The molecule has 0 radical (unpaired) electrons. The fourth-order valence-corrected chi connectivity index (χ4v) is 2.80. The van der Waals surface area contributed by atoms with Gasteiger partial charge in [0, 0.05) is 56.0 Å². The Hall–Kier alpha value is -2.67. The van der Waals surface area contributed by atoms with Crippen molar-refractivity contribution in [3.8, 4) is 0 Å². The van der Waals surface area contributed by atoms with Crippen LogP contribution in [0.4, 0.5) is 17.3 Å². The maximum Gasteiger partial charge on any atom is 0.254 e. The molecule has 1 aromatic carbocycles. The molecule has 1 amide bonds. The number of carbonyl (C=O) groups is 1. The SMILES string of the molecule is CC(C)NC(=O)c1cnc(Nc2ccc(N3CCN(C)CC3)cc2)nc1. The third-order valence-corrected chi connectivity index (χ3v) is 4.33.